The summed E-state index contributed by atoms with van der Waals surface area (Å²) < 4.78 is 5.82. The van der Waals surface area contributed by atoms with Gasteiger partial charge in [-0.1, -0.05) is 6.07 Å². The largest absolute Gasteiger partial charge is 0.505 e. The maximum atomic E-state index is 12.4. The van der Waals surface area contributed by atoms with E-state index < -0.39 is 5.41 Å². The summed E-state index contributed by atoms with van der Waals surface area (Å²) >= 11 is 3.22. The monoisotopic (exact) mass is 328 g/mol. The topological polar surface area (TPSA) is 84.6 Å². The fourth-order valence-corrected chi connectivity index (χ4v) is 2.52. The molecule has 0 unspecified atom stereocenters. The molecular weight excluding hydrogens is 312 g/mol. The van der Waals surface area contributed by atoms with E-state index in [9.17, 15) is 9.90 Å². The summed E-state index contributed by atoms with van der Waals surface area (Å²) in [6.45, 7) is 1.35. The van der Waals surface area contributed by atoms with Crippen molar-refractivity contribution in [1.29, 1.82) is 0 Å². The molecule has 1 aliphatic rings. The molecule has 0 saturated carbocycles. The van der Waals surface area contributed by atoms with E-state index in [4.69, 9.17) is 10.5 Å². The van der Waals surface area contributed by atoms with Crippen LogP contribution in [0.5, 0.6) is 5.75 Å². The van der Waals surface area contributed by atoms with Gasteiger partial charge in [0.05, 0.1) is 15.6 Å². The molecule has 4 N–H and O–H groups in total. The molecular formula is C13H17BrN2O3. The summed E-state index contributed by atoms with van der Waals surface area (Å²) in [7, 11) is 0. The lowest BCUT2D eigenvalue weighted by atomic mass is 9.79. The Kier molecular flexibility index (Phi) is 4.44. The van der Waals surface area contributed by atoms with Gasteiger partial charge in [0, 0.05) is 19.8 Å². The predicted molar refractivity (Wildman–Crippen MR) is 76.0 cm³/mol. The van der Waals surface area contributed by atoms with Gasteiger partial charge in [-0.15, -0.1) is 0 Å². The van der Waals surface area contributed by atoms with Crippen LogP contribution in [0.2, 0.25) is 0 Å². The summed E-state index contributed by atoms with van der Waals surface area (Å²) in [5.41, 5.74) is 5.56. The SMILES string of the molecule is NCC1(C(=O)Nc2cccc(Br)c2O)CCOCC1. The number of phenolic OH excluding ortho intramolecular Hbond substituents is 1. The second kappa shape index (κ2) is 5.90. The highest BCUT2D eigenvalue weighted by Crippen LogP contribution is 2.35. The molecule has 0 atom stereocenters. The molecule has 1 amide bonds. The van der Waals surface area contributed by atoms with E-state index in [1.807, 2.05) is 0 Å². The van der Waals surface area contributed by atoms with Crippen LogP contribution in [0, 0.1) is 5.41 Å². The Labute approximate surface area is 120 Å². The summed E-state index contributed by atoms with van der Waals surface area (Å²) in [6, 6.07) is 5.11. The van der Waals surface area contributed by atoms with Crippen LogP contribution in [-0.2, 0) is 9.53 Å². The van der Waals surface area contributed by atoms with E-state index in [2.05, 4.69) is 21.2 Å². The van der Waals surface area contributed by atoms with Crippen molar-refractivity contribution in [2.75, 3.05) is 25.1 Å². The first-order valence-corrected chi connectivity index (χ1v) is 6.95. The molecule has 0 aromatic heterocycles. The predicted octanol–water partition coefficient (Wildman–Crippen LogP) is 1.85. The molecule has 0 aliphatic carbocycles. The number of benzene rings is 1. The highest BCUT2D eigenvalue weighted by Gasteiger charge is 2.39. The highest BCUT2D eigenvalue weighted by molar-refractivity contribution is 9.10. The van der Waals surface area contributed by atoms with Crippen molar-refractivity contribution in [1.82, 2.24) is 0 Å². The van der Waals surface area contributed by atoms with Crippen LogP contribution >= 0.6 is 15.9 Å². The molecule has 1 aromatic carbocycles. The Morgan fingerprint density at radius 1 is 1.47 bits per heavy atom. The van der Waals surface area contributed by atoms with Gasteiger partial charge in [0.2, 0.25) is 5.91 Å². The van der Waals surface area contributed by atoms with Gasteiger partial charge in [-0.3, -0.25) is 4.79 Å². The smallest absolute Gasteiger partial charge is 0.232 e. The number of amides is 1. The van der Waals surface area contributed by atoms with Gasteiger partial charge >= 0.3 is 0 Å². The lowest BCUT2D eigenvalue weighted by Crippen LogP contribution is -2.46. The van der Waals surface area contributed by atoms with E-state index >= 15 is 0 Å². The molecule has 2 rings (SSSR count). The number of nitrogens with one attached hydrogen (secondary N) is 1. The number of hydrogen-bond acceptors (Lipinski definition) is 4. The van der Waals surface area contributed by atoms with Crippen molar-refractivity contribution >= 4 is 27.5 Å². The second-order valence-electron chi connectivity index (χ2n) is 4.69. The normalized spacial score (nSPS) is 18.0. The molecule has 1 saturated heterocycles. The molecule has 1 heterocycles. The van der Waals surface area contributed by atoms with Crippen LogP contribution in [0.3, 0.4) is 0 Å². The van der Waals surface area contributed by atoms with Gasteiger partial charge in [-0.2, -0.15) is 0 Å². The minimum atomic E-state index is -0.604. The molecule has 104 valence electrons. The van der Waals surface area contributed by atoms with E-state index in [1.165, 1.54) is 0 Å². The standard InChI is InChI=1S/C13H17BrN2O3/c14-9-2-1-3-10(11(9)17)16-12(18)13(8-15)4-6-19-7-5-13/h1-3,17H,4-8,15H2,(H,16,18). The first-order valence-electron chi connectivity index (χ1n) is 6.16. The maximum absolute atomic E-state index is 12.4. The van der Waals surface area contributed by atoms with Crippen molar-refractivity contribution in [3.8, 4) is 5.75 Å². The Morgan fingerprint density at radius 3 is 2.79 bits per heavy atom. The lowest BCUT2D eigenvalue weighted by Gasteiger charge is -2.34. The van der Waals surface area contributed by atoms with E-state index in [0.717, 1.165) is 0 Å². The number of rotatable bonds is 3. The average molecular weight is 329 g/mol. The fourth-order valence-electron chi connectivity index (χ4n) is 2.16. The molecule has 1 aromatic rings. The third kappa shape index (κ3) is 2.91. The number of nitrogens with two attached hydrogens (primary N) is 1. The Bertz CT molecular complexity index is 473. The van der Waals surface area contributed by atoms with Crippen LogP contribution in [0.1, 0.15) is 12.8 Å². The number of phenols is 1. The van der Waals surface area contributed by atoms with Gasteiger partial charge in [0.1, 0.15) is 0 Å². The van der Waals surface area contributed by atoms with Crippen molar-refractivity contribution in [3.63, 3.8) is 0 Å². The number of aromatic hydroxyl groups is 1. The molecule has 19 heavy (non-hydrogen) atoms. The van der Waals surface area contributed by atoms with Crippen LogP contribution in [0.15, 0.2) is 22.7 Å². The number of anilines is 1. The van der Waals surface area contributed by atoms with Crippen LogP contribution in [-0.4, -0.2) is 30.8 Å². The molecule has 1 fully saturated rings. The van der Waals surface area contributed by atoms with Crippen molar-refractivity contribution < 1.29 is 14.6 Å². The van der Waals surface area contributed by atoms with Crippen LogP contribution in [0.25, 0.3) is 0 Å². The zero-order valence-corrected chi connectivity index (χ0v) is 12.1. The van der Waals surface area contributed by atoms with E-state index in [1.54, 1.807) is 18.2 Å². The average Bonchev–Trinajstić information content (AvgIpc) is 2.44. The summed E-state index contributed by atoms with van der Waals surface area (Å²) in [6.07, 6.45) is 1.20. The molecule has 0 bridgehead atoms. The first kappa shape index (κ1) is 14.3. The zero-order valence-electron chi connectivity index (χ0n) is 10.5. The number of para-hydroxylation sites is 1. The summed E-state index contributed by atoms with van der Waals surface area (Å²) in [5, 5.41) is 12.6. The number of carbonyl (C=O) groups excluding carboxylic acids is 1. The molecule has 6 heteroatoms. The van der Waals surface area contributed by atoms with E-state index in [0.29, 0.717) is 36.2 Å². The molecule has 0 radical (unpaired) electrons. The van der Waals surface area contributed by atoms with Crippen LogP contribution in [0.4, 0.5) is 5.69 Å². The Morgan fingerprint density at radius 2 is 2.16 bits per heavy atom. The molecule has 1 aliphatic heterocycles. The Balaban J connectivity index is 2.17. The third-order valence-corrected chi connectivity index (χ3v) is 4.20. The zero-order chi connectivity index (χ0) is 13.9. The fraction of sp³-hybridized carbons (Fsp3) is 0.462. The lowest BCUT2D eigenvalue weighted by molar-refractivity contribution is -0.130. The van der Waals surface area contributed by atoms with E-state index in [-0.39, 0.29) is 18.2 Å². The Hall–Kier alpha value is -1.11. The molecule has 0 spiro atoms. The van der Waals surface area contributed by atoms with Gasteiger partial charge in [0.25, 0.3) is 0 Å². The second-order valence-corrected chi connectivity index (χ2v) is 5.54. The van der Waals surface area contributed by atoms with Crippen molar-refractivity contribution in [3.05, 3.63) is 22.7 Å². The number of hydrogen-bond donors (Lipinski definition) is 3. The van der Waals surface area contributed by atoms with Gasteiger partial charge in [0.15, 0.2) is 5.75 Å². The minimum Gasteiger partial charge on any atom is -0.505 e. The van der Waals surface area contributed by atoms with Gasteiger partial charge < -0.3 is 20.9 Å². The summed E-state index contributed by atoms with van der Waals surface area (Å²) in [4.78, 5) is 12.4. The van der Waals surface area contributed by atoms with Crippen molar-refractivity contribution in [2.24, 2.45) is 11.1 Å². The number of ether oxygens (including phenoxy) is 1. The minimum absolute atomic E-state index is 0.0232. The molecule has 5 nitrogen and oxygen atoms in total. The number of halogens is 1. The third-order valence-electron chi connectivity index (χ3n) is 3.56. The van der Waals surface area contributed by atoms with Gasteiger partial charge in [-0.05, 0) is 40.9 Å². The maximum Gasteiger partial charge on any atom is 0.232 e. The quantitative estimate of drug-likeness (QED) is 0.739. The first-order chi connectivity index (χ1) is 9.09. The number of carbonyl (C=O) groups is 1. The van der Waals surface area contributed by atoms with Crippen LogP contribution < -0.4 is 11.1 Å². The summed E-state index contributed by atoms with van der Waals surface area (Å²) in [5.74, 6) is -0.137. The van der Waals surface area contributed by atoms with Crippen molar-refractivity contribution in [2.45, 2.75) is 12.8 Å². The highest BCUT2D eigenvalue weighted by atomic mass is 79.9. The van der Waals surface area contributed by atoms with Gasteiger partial charge in [-0.25, -0.2) is 0 Å².